The molecule has 2 saturated heterocycles. The van der Waals surface area contributed by atoms with Crippen LogP contribution in [0.3, 0.4) is 0 Å². The highest BCUT2D eigenvalue weighted by atomic mass is 16.5. The van der Waals surface area contributed by atoms with Crippen LogP contribution < -0.4 is 10.1 Å². The zero-order valence-electron chi connectivity index (χ0n) is 21.1. The van der Waals surface area contributed by atoms with Gasteiger partial charge >= 0.3 is 12.0 Å². The minimum atomic E-state index is -0.741. The molecule has 4 rings (SSSR count). The number of amides is 3. The fourth-order valence-electron chi connectivity index (χ4n) is 5.17. The predicted molar refractivity (Wildman–Crippen MR) is 136 cm³/mol. The van der Waals surface area contributed by atoms with E-state index in [4.69, 9.17) is 9.47 Å². The SMILES string of the molecule is CCOc1ccc(C(=O)N2CCC3(CCN(C(=O)NC(Cc4ccccc4)C(=O)OC)C3)CC2)cc1. The predicted octanol–water partition coefficient (Wildman–Crippen LogP) is 3.51. The lowest BCUT2D eigenvalue weighted by Crippen LogP contribution is -2.50. The van der Waals surface area contributed by atoms with Crippen LogP contribution in [0.5, 0.6) is 5.75 Å². The zero-order chi connectivity index (χ0) is 25.5. The smallest absolute Gasteiger partial charge is 0.328 e. The molecule has 2 heterocycles. The first-order valence-electron chi connectivity index (χ1n) is 12.6. The van der Waals surface area contributed by atoms with Crippen LogP contribution in [0.1, 0.15) is 42.1 Å². The van der Waals surface area contributed by atoms with E-state index in [1.54, 1.807) is 4.90 Å². The Morgan fingerprint density at radius 2 is 1.58 bits per heavy atom. The Morgan fingerprint density at radius 1 is 0.944 bits per heavy atom. The summed E-state index contributed by atoms with van der Waals surface area (Å²) in [5.41, 5.74) is 1.62. The molecule has 2 aromatic rings. The molecule has 2 fully saturated rings. The van der Waals surface area contributed by atoms with Crippen molar-refractivity contribution < 1.29 is 23.9 Å². The minimum absolute atomic E-state index is 0.00708. The lowest BCUT2D eigenvalue weighted by atomic mass is 9.77. The van der Waals surface area contributed by atoms with Crippen molar-refractivity contribution in [1.82, 2.24) is 15.1 Å². The van der Waals surface area contributed by atoms with Crippen LogP contribution in [0.25, 0.3) is 0 Å². The second-order valence-corrected chi connectivity index (χ2v) is 9.64. The molecule has 1 N–H and O–H groups in total. The number of nitrogens with one attached hydrogen (secondary N) is 1. The molecule has 2 aromatic carbocycles. The Morgan fingerprint density at radius 3 is 2.19 bits per heavy atom. The van der Waals surface area contributed by atoms with E-state index < -0.39 is 12.0 Å². The second kappa shape index (κ2) is 11.5. The maximum atomic E-state index is 13.1. The molecule has 192 valence electrons. The van der Waals surface area contributed by atoms with Gasteiger partial charge in [-0.1, -0.05) is 30.3 Å². The van der Waals surface area contributed by atoms with Crippen molar-refractivity contribution in [3.05, 3.63) is 65.7 Å². The van der Waals surface area contributed by atoms with Gasteiger partial charge in [-0.2, -0.15) is 0 Å². The molecular weight excluding hydrogens is 458 g/mol. The number of likely N-dealkylation sites (tertiary alicyclic amines) is 2. The first kappa shape index (κ1) is 25.5. The van der Waals surface area contributed by atoms with Crippen molar-refractivity contribution in [3.8, 4) is 5.75 Å². The number of hydrogen-bond donors (Lipinski definition) is 1. The average molecular weight is 494 g/mol. The normalized spacial score (nSPS) is 17.5. The van der Waals surface area contributed by atoms with Gasteiger partial charge in [-0.15, -0.1) is 0 Å². The van der Waals surface area contributed by atoms with E-state index in [1.165, 1.54) is 7.11 Å². The molecule has 8 heteroatoms. The Balaban J connectivity index is 1.31. The average Bonchev–Trinajstić information content (AvgIpc) is 3.32. The van der Waals surface area contributed by atoms with Crippen molar-refractivity contribution in [2.45, 2.75) is 38.6 Å². The Bertz CT molecular complexity index is 1050. The highest BCUT2D eigenvalue weighted by Crippen LogP contribution is 2.40. The number of piperidine rings is 1. The fourth-order valence-corrected chi connectivity index (χ4v) is 5.17. The van der Waals surface area contributed by atoms with Crippen LogP contribution in [-0.4, -0.2) is 73.6 Å². The lowest BCUT2D eigenvalue weighted by molar-refractivity contribution is -0.142. The van der Waals surface area contributed by atoms with Gasteiger partial charge in [0.05, 0.1) is 13.7 Å². The number of rotatable bonds is 7. The highest BCUT2D eigenvalue weighted by Gasteiger charge is 2.43. The van der Waals surface area contributed by atoms with Crippen LogP contribution in [-0.2, 0) is 16.0 Å². The van der Waals surface area contributed by atoms with Gasteiger partial charge in [-0.25, -0.2) is 9.59 Å². The summed E-state index contributed by atoms with van der Waals surface area (Å²) < 4.78 is 10.4. The van der Waals surface area contributed by atoms with E-state index in [0.29, 0.717) is 44.8 Å². The second-order valence-electron chi connectivity index (χ2n) is 9.64. The summed E-state index contributed by atoms with van der Waals surface area (Å²) in [6.07, 6.45) is 2.97. The zero-order valence-corrected chi connectivity index (χ0v) is 21.1. The van der Waals surface area contributed by atoms with Gasteiger partial charge in [0.1, 0.15) is 11.8 Å². The van der Waals surface area contributed by atoms with E-state index in [0.717, 1.165) is 30.6 Å². The van der Waals surface area contributed by atoms with Gasteiger partial charge in [0.25, 0.3) is 5.91 Å². The molecule has 2 aliphatic heterocycles. The summed E-state index contributed by atoms with van der Waals surface area (Å²) in [5, 5.41) is 2.88. The molecule has 1 spiro atoms. The quantitative estimate of drug-likeness (QED) is 0.597. The molecule has 3 amide bonds. The third-order valence-corrected chi connectivity index (χ3v) is 7.32. The van der Waals surface area contributed by atoms with Gasteiger partial charge in [0.2, 0.25) is 0 Å². The van der Waals surface area contributed by atoms with E-state index >= 15 is 0 Å². The Kier molecular flexibility index (Phi) is 8.13. The summed E-state index contributed by atoms with van der Waals surface area (Å²) in [6.45, 7) is 5.12. The molecule has 8 nitrogen and oxygen atoms in total. The van der Waals surface area contributed by atoms with E-state index in [2.05, 4.69) is 5.32 Å². The van der Waals surface area contributed by atoms with Crippen LogP contribution >= 0.6 is 0 Å². The van der Waals surface area contributed by atoms with Crippen molar-refractivity contribution in [2.24, 2.45) is 5.41 Å². The molecule has 0 aliphatic carbocycles. The first-order chi connectivity index (χ1) is 17.4. The molecule has 36 heavy (non-hydrogen) atoms. The number of hydrogen-bond acceptors (Lipinski definition) is 5. The molecule has 1 unspecified atom stereocenters. The largest absolute Gasteiger partial charge is 0.494 e. The molecule has 0 bridgehead atoms. The van der Waals surface area contributed by atoms with Gasteiger partial charge in [0, 0.05) is 38.2 Å². The van der Waals surface area contributed by atoms with Crippen LogP contribution in [0.4, 0.5) is 4.79 Å². The molecule has 0 radical (unpaired) electrons. The number of carbonyl (C=O) groups excluding carboxylic acids is 3. The number of esters is 1. The highest BCUT2D eigenvalue weighted by molar-refractivity contribution is 5.94. The minimum Gasteiger partial charge on any atom is -0.494 e. The molecule has 0 aromatic heterocycles. The summed E-state index contributed by atoms with van der Waals surface area (Å²) in [5.74, 6) is 0.332. The Hall–Kier alpha value is -3.55. The first-order valence-corrected chi connectivity index (χ1v) is 12.6. The van der Waals surface area contributed by atoms with E-state index in [1.807, 2.05) is 66.4 Å². The summed E-state index contributed by atoms with van der Waals surface area (Å²) in [7, 11) is 1.33. The third-order valence-electron chi connectivity index (χ3n) is 7.32. The molecule has 2 aliphatic rings. The molecule has 0 saturated carbocycles. The number of urea groups is 1. The standard InChI is InChI=1S/C28H35N3O5/c1-3-36-23-11-9-22(10-12-23)25(32)30-16-13-28(14-17-30)15-18-31(20-28)27(34)29-24(26(33)35-2)19-21-7-5-4-6-8-21/h4-12,24H,3,13-20H2,1-2H3,(H,29,34). The molecular formula is C28H35N3O5. The van der Waals surface area contributed by atoms with E-state index in [-0.39, 0.29) is 17.4 Å². The van der Waals surface area contributed by atoms with Crippen molar-refractivity contribution in [3.63, 3.8) is 0 Å². The van der Waals surface area contributed by atoms with Gasteiger partial charge < -0.3 is 24.6 Å². The maximum absolute atomic E-state index is 13.1. The lowest BCUT2D eigenvalue weighted by Gasteiger charge is -2.39. The number of carbonyl (C=O) groups is 3. The maximum Gasteiger partial charge on any atom is 0.328 e. The van der Waals surface area contributed by atoms with Crippen LogP contribution in [0.2, 0.25) is 0 Å². The number of methoxy groups -OCH3 is 1. The van der Waals surface area contributed by atoms with E-state index in [9.17, 15) is 14.4 Å². The van der Waals surface area contributed by atoms with Crippen molar-refractivity contribution >= 4 is 17.9 Å². The van der Waals surface area contributed by atoms with Gasteiger partial charge in [-0.3, -0.25) is 4.79 Å². The van der Waals surface area contributed by atoms with Crippen molar-refractivity contribution in [2.75, 3.05) is 39.9 Å². The van der Waals surface area contributed by atoms with Crippen LogP contribution in [0, 0.1) is 5.41 Å². The number of nitrogens with zero attached hydrogens (tertiary/aromatic N) is 2. The number of ether oxygens (including phenoxy) is 2. The van der Waals surface area contributed by atoms with Crippen molar-refractivity contribution in [1.29, 1.82) is 0 Å². The summed E-state index contributed by atoms with van der Waals surface area (Å²) >= 11 is 0. The van der Waals surface area contributed by atoms with Gasteiger partial charge in [-0.05, 0) is 61.4 Å². The Labute approximate surface area is 212 Å². The summed E-state index contributed by atoms with van der Waals surface area (Å²) in [6, 6.07) is 15.9. The molecule has 1 atom stereocenters. The third kappa shape index (κ3) is 5.98. The monoisotopic (exact) mass is 493 g/mol. The summed E-state index contributed by atoms with van der Waals surface area (Å²) in [4.78, 5) is 42.1. The topological polar surface area (TPSA) is 88.2 Å². The number of benzene rings is 2. The fraction of sp³-hybridized carbons (Fsp3) is 0.464. The van der Waals surface area contributed by atoms with Crippen LogP contribution in [0.15, 0.2) is 54.6 Å². The van der Waals surface area contributed by atoms with Gasteiger partial charge in [0.15, 0.2) is 0 Å².